The molecule has 1 aromatic carbocycles. The number of nitrogens with one attached hydrogen (secondary N) is 1. The molecule has 0 bridgehead atoms. The highest BCUT2D eigenvalue weighted by Gasteiger charge is 2.46. The van der Waals surface area contributed by atoms with Gasteiger partial charge in [-0.15, -0.1) is 0 Å². The lowest BCUT2D eigenvalue weighted by Crippen LogP contribution is -2.57. The number of carbonyl (C=O) groups is 1. The molecule has 1 aliphatic heterocycles. The van der Waals surface area contributed by atoms with Crippen molar-refractivity contribution in [2.75, 3.05) is 27.3 Å². The van der Waals surface area contributed by atoms with Crippen LogP contribution < -0.4 is 5.32 Å². The van der Waals surface area contributed by atoms with Gasteiger partial charge in [0.25, 0.3) is 0 Å². The highest BCUT2D eigenvalue weighted by atomic mass is 35.5. The van der Waals surface area contributed by atoms with E-state index in [0.717, 1.165) is 24.9 Å². The molecule has 4 nitrogen and oxygen atoms in total. The number of halogens is 2. The van der Waals surface area contributed by atoms with Crippen molar-refractivity contribution in [1.29, 1.82) is 0 Å². The molecule has 2 rings (SSSR count). The van der Waals surface area contributed by atoms with E-state index in [2.05, 4.69) is 10.2 Å². The Morgan fingerprint density at radius 3 is 2.95 bits per heavy atom. The highest BCUT2D eigenvalue weighted by molar-refractivity contribution is 6.30. The van der Waals surface area contributed by atoms with E-state index in [0.29, 0.717) is 13.2 Å². The molecule has 1 aliphatic rings. The Morgan fingerprint density at radius 2 is 2.33 bits per heavy atom. The van der Waals surface area contributed by atoms with E-state index in [1.807, 2.05) is 0 Å². The first-order valence-electron chi connectivity index (χ1n) is 6.93. The quantitative estimate of drug-likeness (QED) is 0.906. The van der Waals surface area contributed by atoms with Gasteiger partial charge in [0.2, 0.25) is 5.91 Å². The maximum Gasteiger partial charge on any atom is 0.242 e. The second-order valence-electron chi connectivity index (χ2n) is 5.32. The lowest BCUT2D eigenvalue weighted by atomic mass is 9.95. The van der Waals surface area contributed by atoms with Gasteiger partial charge in [-0.1, -0.05) is 17.7 Å². The van der Waals surface area contributed by atoms with Crippen molar-refractivity contribution in [1.82, 2.24) is 10.2 Å². The Kier molecular flexibility index (Phi) is 5.19. The van der Waals surface area contributed by atoms with Gasteiger partial charge in [-0.2, -0.15) is 0 Å². The van der Waals surface area contributed by atoms with Gasteiger partial charge in [0.15, 0.2) is 0 Å². The summed E-state index contributed by atoms with van der Waals surface area (Å²) in [6.07, 6.45) is 1.67. The molecule has 1 atom stereocenters. The van der Waals surface area contributed by atoms with Crippen LogP contribution in [0.15, 0.2) is 18.2 Å². The van der Waals surface area contributed by atoms with Gasteiger partial charge in [0, 0.05) is 20.7 Å². The fourth-order valence-electron chi connectivity index (χ4n) is 2.98. The van der Waals surface area contributed by atoms with E-state index < -0.39 is 11.4 Å². The zero-order valence-electron chi connectivity index (χ0n) is 12.3. The first kappa shape index (κ1) is 16.2. The van der Waals surface area contributed by atoms with E-state index in [9.17, 15) is 9.18 Å². The van der Waals surface area contributed by atoms with Gasteiger partial charge in [-0.25, -0.2) is 4.39 Å². The molecule has 1 N–H and O–H groups in total. The van der Waals surface area contributed by atoms with Crippen LogP contribution in [-0.2, 0) is 16.1 Å². The average molecular weight is 315 g/mol. The molecule has 0 aliphatic carbocycles. The van der Waals surface area contributed by atoms with Gasteiger partial charge in [-0.3, -0.25) is 9.69 Å². The first-order valence-corrected chi connectivity index (χ1v) is 7.31. The number of nitrogens with zero attached hydrogens (tertiary/aromatic N) is 1. The van der Waals surface area contributed by atoms with E-state index in [-0.39, 0.29) is 10.9 Å². The summed E-state index contributed by atoms with van der Waals surface area (Å²) < 4.78 is 18.5. The number of amides is 1. The first-order chi connectivity index (χ1) is 10.0. The van der Waals surface area contributed by atoms with Gasteiger partial charge in [-0.05, 0) is 37.1 Å². The zero-order valence-corrected chi connectivity index (χ0v) is 13.0. The van der Waals surface area contributed by atoms with E-state index in [4.69, 9.17) is 16.3 Å². The molecule has 1 saturated heterocycles. The molecule has 1 heterocycles. The van der Waals surface area contributed by atoms with Gasteiger partial charge >= 0.3 is 0 Å². The third-order valence-electron chi connectivity index (χ3n) is 4.01. The average Bonchev–Trinajstić information content (AvgIpc) is 2.86. The molecule has 116 valence electrons. The van der Waals surface area contributed by atoms with Crippen molar-refractivity contribution >= 4 is 17.5 Å². The third-order valence-corrected chi connectivity index (χ3v) is 4.30. The van der Waals surface area contributed by atoms with Crippen LogP contribution in [0.5, 0.6) is 0 Å². The number of hydrogen-bond donors (Lipinski definition) is 1. The summed E-state index contributed by atoms with van der Waals surface area (Å²) in [6.45, 7) is 1.67. The summed E-state index contributed by atoms with van der Waals surface area (Å²) >= 11 is 5.82. The topological polar surface area (TPSA) is 41.6 Å². The molecule has 1 fully saturated rings. The summed E-state index contributed by atoms with van der Waals surface area (Å²) in [4.78, 5) is 14.4. The molecule has 6 heteroatoms. The normalized spacial score (nSPS) is 22.5. The summed E-state index contributed by atoms with van der Waals surface area (Å²) in [7, 11) is 3.22. The fourth-order valence-corrected chi connectivity index (χ4v) is 3.18. The fraction of sp³-hybridized carbons (Fsp3) is 0.533. The maximum atomic E-state index is 13.2. The second kappa shape index (κ2) is 6.73. The Balaban J connectivity index is 2.23. The van der Waals surface area contributed by atoms with Crippen LogP contribution in [0.1, 0.15) is 18.4 Å². The number of hydrogen-bond acceptors (Lipinski definition) is 3. The minimum absolute atomic E-state index is 0.0462. The van der Waals surface area contributed by atoms with Gasteiger partial charge in [0.1, 0.15) is 11.4 Å². The van der Waals surface area contributed by atoms with Crippen LogP contribution in [0.4, 0.5) is 4.39 Å². The second-order valence-corrected chi connectivity index (χ2v) is 5.72. The number of likely N-dealkylation sites (tertiary alicyclic amines) is 1. The Morgan fingerprint density at radius 1 is 1.57 bits per heavy atom. The maximum absolute atomic E-state index is 13.2. The number of carbonyl (C=O) groups excluding carboxylic acids is 1. The van der Waals surface area contributed by atoms with E-state index in [1.54, 1.807) is 26.3 Å². The molecule has 0 saturated carbocycles. The summed E-state index contributed by atoms with van der Waals surface area (Å²) in [5.74, 6) is -0.480. The zero-order chi connectivity index (χ0) is 15.5. The van der Waals surface area contributed by atoms with Crippen LogP contribution in [0.3, 0.4) is 0 Å². The van der Waals surface area contributed by atoms with Crippen LogP contribution in [-0.4, -0.2) is 43.7 Å². The summed E-state index contributed by atoms with van der Waals surface area (Å²) in [5, 5.41) is 2.82. The third kappa shape index (κ3) is 3.20. The molecule has 0 radical (unpaired) electrons. The van der Waals surface area contributed by atoms with E-state index >= 15 is 0 Å². The largest absolute Gasteiger partial charge is 0.382 e. The number of benzene rings is 1. The summed E-state index contributed by atoms with van der Waals surface area (Å²) in [6, 6.07) is 4.66. The minimum atomic E-state index is -0.662. The van der Waals surface area contributed by atoms with Gasteiger partial charge < -0.3 is 10.1 Å². The van der Waals surface area contributed by atoms with Crippen molar-refractivity contribution in [2.24, 2.45) is 0 Å². The predicted octanol–water partition coefficient (Wildman–Crippen LogP) is 2.21. The summed E-state index contributed by atoms with van der Waals surface area (Å²) in [5.41, 5.74) is 0.220. The number of rotatable bonds is 5. The van der Waals surface area contributed by atoms with Crippen molar-refractivity contribution in [3.63, 3.8) is 0 Å². The lowest BCUT2D eigenvalue weighted by molar-refractivity contribution is -0.135. The lowest BCUT2D eigenvalue weighted by Gasteiger charge is -2.36. The molecular formula is C15H20ClFN2O2. The van der Waals surface area contributed by atoms with Crippen LogP contribution in [0.25, 0.3) is 0 Å². The van der Waals surface area contributed by atoms with Crippen molar-refractivity contribution in [3.05, 3.63) is 34.6 Å². The van der Waals surface area contributed by atoms with E-state index in [1.165, 1.54) is 6.07 Å². The Labute approximate surface area is 129 Å². The Bertz CT molecular complexity index is 526. The van der Waals surface area contributed by atoms with Crippen molar-refractivity contribution < 1.29 is 13.9 Å². The van der Waals surface area contributed by atoms with Crippen LogP contribution >= 0.6 is 11.6 Å². The monoisotopic (exact) mass is 314 g/mol. The number of ether oxygens (including phenoxy) is 1. The van der Waals surface area contributed by atoms with Crippen molar-refractivity contribution in [2.45, 2.75) is 24.9 Å². The standard InChI is InChI=1S/C15H20ClFN2O2/c1-18-14(20)15(10-21-2)6-3-7-19(15)9-11-4-5-13(17)12(16)8-11/h4-5,8H,3,6-7,9-10H2,1-2H3,(H,18,20). The molecule has 1 amide bonds. The molecule has 0 spiro atoms. The molecule has 1 unspecified atom stereocenters. The van der Waals surface area contributed by atoms with Crippen LogP contribution in [0, 0.1) is 5.82 Å². The molecular weight excluding hydrogens is 295 g/mol. The SMILES string of the molecule is CNC(=O)C1(COC)CCCN1Cc1ccc(F)c(Cl)c1. The smallest absolute Gasteiger partial charge is 0.242 e. The van der Waals surface area contributed by atoms with Crippen molar-refractivity contribution in [3.8, 4) is 0 Å². The highest BCUT2D eigenvalue weighted by Crippen LogP contribution is 2.32. The molecule has 0 aromatic heterocycles. The minimum Gasteiger partial charge on any atom is -0.382 e. The Hall–Kier alpha value is -1.17. The molecule has 1 aromatic rings. The predicted molar refractivity (Wildman–Crippen MR) is 79.7 cm³/mol. The van der Waals surface area contributed by atoms with Gasteiger partial charge in [0.05, 0.1) is 11.6 Å². The number of methoxy groups -OCH3 is 1. The van der Waals surface area contributed by atoms with Crippen LogP contribution in [0.2, 0.25) is 5.02 Å². The number of likely N-dealkylation sites (N-methyl/N-ethyl adjacent to an activating group) is 1. The molecule has 21 heavy (non-hydrogen) atoms.